The Morgan fingerprint density at radius 3 is 3.00 bits per heavy atom. The first-order chi connectivity index (χ1) is 6.40. The van der Waals surface area contributed by atoms with Crippen LogP contribution < -0.4 is 5.32 Å². The van der Waals surface area contributed by atoms with Gasteiger partial charge in [-0.2, -0.15) is 4.98 Å². The quantitative estimate of drug-likeness (QED) is 0.763. The molecule has 13 heavy (non-hydrogen) atoms. The summed E-state index contributed by atoms with van der Waals surface area (Å²) in [6.45, 7) is 3.72. The van der Waals surface area contributed by atoms with Crippen LogP contribution in [0.15, 0.2) is 4.52 Å². The van der Waals surface area contributed by atoms with Gasteiger partial charge in [-0.25, -0.2) is 0 Å². The SMILES string of the molecule is CCNCc1noc(C2CCC2)n1. The first-order valence-electron chi connectivity index (χ1n) is 4.93. The Morgan fingerprint density at radius 1 is 1.54 bits per heavy atom. The van der Waals surface area contributed by atoms with Crippen molar-refractivity contribution in [2.45, 2.75) is 38.6 Å². The van der Waals surface area contributed by atoms with Crippen LogP contribution >= 0.6 is 0 Å². The van der Waals surface area contributed by atoms with E-state index in [-0.39, 0.29) is 0 Å². The van der Waals surface area contributed by atoms with E-state index in [0.29, 0.717) is 12.5 Å². The van der Waals surface area contributed by atoms with Gasteiger partial charge in [0, 0.05) is 5.92 Å². The second kappa shape index (κ2) is 3.87. The van der Waals surface area contributed by atoms with Crippen LogP contribution in [0.5, 0.6) is 0 Å². The lowest BCUT2D eigenvalue weighted by atomic mass is 9.85. The van der Waals surface area contributed by atoms with Gasteiger partial charge in [-0.1, -0.05) is 18.5 Å². The number of aromatic nitrogens is 2. The zero-order valence-electron chi connectivity index (χ0n) is 7.92. The highest BCUT2D eigenvalue weighted by molar-refractivity contribution is 4.97. The molecule has 1 fully saturated rings. The summed E-state index contributed by atoms with van der Waals surface area (Å²) in [7, 11) is 0. The molecule has 1 saturated carbocycles. The molecule has 2 rings (SSSR count). The van der Waals surface area contributed by atoms with Crippen LogP contribution in [0.4, 0.5) is 0 Å². The standard InChI is InChI=1S/C9H15N3O/c1-2-10-6-8-11-9(13-12-8)7-4-3-5-7/h7,10H,2-6H2,1H3. The van der Waals surface area contributed by atoms with E-state index >= 15 is 0 Å². The lowest BCUT2D eigenvalue weighted by Gasteiger charge is -2.20. The summed E-state index contributed by atoms with van der Waals surface area (Å²) in [5.74, 6) is 2.16. The van der Waals surface area contributed by atoms with E-state index in [4.69, 9.17) is 4.52 Å². The number of hydrogen-bond donors (Lipinski definition) is 1. The molecule has 1 aromatic heterocycles. The number of nitrogens with one attached hydrogen (secondary N) is 1. The fourth-order valence-electron chi connectivity index (χ4n) is 1.40. The van der Waals surface area contributed by atoms with Crippen LogP contribution in [-0.4, -0.2) is 16.7 Å². The highest BCUT2D eigenvalue weighted by atomic mass is 16.5. The maximum absolute atomic E-state index is 5.16. The fourth-order valence-corrected chi connectivity index (χ4v) is 1.40. The first kappa shape index (κ1) is 8.69. The van der Waals surface area contributed by atoms with Gasteiger partial charge >= 0.3 is 0 Å². The Morgan fingerprint density at radius 2 is 2.38 bits per heavy atom. The average Bonchev–Trinajstić information content (AvgIpc) is 2.46. The molecule has 4 nitrogen and oxygen atoms in total. The fraction of sp³-hybridized carbons (Fsp3) is 0.778. The van der Waals surface area contributed by atoms with E-state index in [2.05, 4.69) is 22.4 Å². The highest BCUT2D eigenvalue weighted by Gasteiger charge is 2.25. The van der Waals surface area contributed by atoms with Crippen molar-refractivity contribution in [2.75, 3.05) is 6.54 Å². The van der Waals surface area contributed by atoms with Gasteiger partial charge < -0.3 is 9.84 Å². The molecule has 0 radical (unpaired) electrons. The maximum atomic E-state index is 5.16. The molecular formula is C9H15N3O. The lowest BCUT2D eigenvalue weighted by molar-refractivity contribution is 0.291. The van der Waals surface area contributed by atoms with Gasteiger partial charge in [0.2, 0.25) is 5.89 Å². The molecule has 1 aliphatic rings. The molecule has 0 aromatic carbocycles. The van der Waals surface area contributed by atoms with Crippen LogP contribution in [0.3, 0.4) is 0 Å². The number of hydrogen-bond acceptors (Lipinski definition) is 4. The van der Waals surface area contributed by atoms with Gasteiger partial charge in [0.25, 0.3) is 0 Å². The minimum atomic E-state index is 0.544. The van der Waals surface area contributed by atoms with Crippen LogP contribution in [0.25, 0.3) is 0 Å². The van der Waals surface area contributed by atoms with E-state index in [0.717, 1.165) is 18.3 Å². The molecule has 4 heteroatoms. The van der Waals surface area contributed by atoms with E-state index in [1.165, 1.54) is 19.3 Å². The molecule has 0 aliphatic heterocycles. The summed E-state index contributed by atoms with van der Waals surface area (Å²) in [4.78, 5) is 4.33. The maximum Gasteiger partial charge on any atom is 0.229 e. The molecule has 0 amide bonds. The molecule has 1 aliphatic carbocycles. The Hall–Kier alpha value is -0.900. The largest absolute Gasteiger partial charge is 0.339 e. The molecule has 0 spiro atoms. The third kappa shape index (κ3) is 1.88. The summed E-state index contributed by atoms with van der Waals surface area (Å²) < 4.78 is 5.16. The predicted octanol–water partition coefficient (Wildman–Crippen LogP) is 1.45. The minimum absolute atomic E-state index is 0.544. The van der Waals surface area contributed by atoms with E-state index < -0.39 is 0 Å². The third-order valence-corrected chi connectivity index (χ3v) is 2.47. The van der Waals surface area contributed by atoms with Crippen LogP contribution in [-0.2, 0) is 6.54 Å². The summed E-state index contributed by atoms with van der Waals surface area (Å²) >= 11 is 0. The molecule has 1 heterocycles. The van der Waals surface area contributed by atoms with Gasteiger partial charge in [-0.05, 0) is 19.4 Å². The molecule has 0 bridgehead atoms. The smallest absolute Gasteiger partial charge is 0.229 e. The lowest BCUT2D eigenvalue weighted by Crippen LogP contribution is -2.13. The van der Waals surface area contributed by atoms with Gasteiger partial charge in [-0.3, -0.25) is 0 Å². The van der Waals surface area contributed by atoms with Crippen molar-refractivity contribution in [1.29, 1.82) is 0 Å². The van der Waals surface area contributed by atoms with Crippen molar-refractivity contribution in [3.8, 4) is 0 Å². The van der Waals surface area contributed by atoms with E-state index in [1.807, 2.05) is 0 Å². The van der Waals surface area contributed by atoms with Gasteiger partial charge in [0.1, 0.15) is 0 Å². The monoisotopic (exact) mass is 181 g/mol. The summed E-state index contributed by atoms with van der Waals surface area (Å²) in [6.07, 6.45) is 3.72. The van der Waals surface area contributed by atoms with Crippen molar-refractivity contribution >= 4 is 0 Å². The zero-order chi connectivity index (χ0) is 9.10. The Kier molecular flexibility index (Phi) is 2.59. The summed E-state index contributed by atoms with van der Waals surface area (Å²) in [6, 6.07) is 0. The minimum Gasteiger partial charge on any atom is -0.339 e. The van der Waals surface area contributed by atoms with Crippen molar-refractivity contribution in [3.63, 3.8) is 0 Å². The van der Waals surface area contributed by atoms with Crippen molar-refractivity contribution in [2.24, 2.45) is 0 Å². The predicted molar refractivity (Wildman–Crippen MR) is 48.3 cm³/mol. The van der Waals surface area contributed by atoms with Crippen LogP contribution in [0.1, 0.15) is 43.8 Å². The summed E-state index contributed by atoms with van der Waals surface area (Å²) in [5.41, 5.74) is 0. The van der Waals surface area contributed by atoms with Crippen LogP contribution in [0.2, 0.25) is 0 Å². The topological polar surface area (TPSA) is 51.0 Å². The van der Waals surface area contributed by atoms with Crippen molar-refractivity contribution in [3.05, 3.63) is 11.7 Å². The van der Waals surface area contributed by atoms with Crippen molar-refractivity contribution in [1.82, 2.24) is 15.5 Å². The normalized spacial score (nSPS) is 17.3. The Labute approximate surface area is 77.7 Å². The molecule has 0 unspecified atom stereocenters. The molecule has 0 saturated heterocycles. The van der Waals surface area contributed by atoms with Gasteiger partial charge in [-0.15, -0.1) is 0 Å². The third-order valence-electron chi connectivity index (χ3n) is 2.47. The molecular weight excluding hydrogens is 166 g/mol. The zero-order valence-corrected chi connectivity index (χ0v) is 7.92. The molecule has 1 N–H and O–H groups in total. The Bertz CT molecular complexity index is 268. The van der Waals surface area contributed by atoms with E-state index in [1.54, 1.807) is 0 Å². The van der Waals surface area contributed by atoms with E-state index in [9.17, 15) is 0 Å². The average molecular weight is 181 g/mol. The van der Waals surface area contributed by atoms with Gasteiger partial charge in [0.15, 0.2) is 5.82 Å². The van der Waals surface area contributed by atoms with Crippen molar-refractivity contribution < 1.29 is 4.52 Å². The van der Waals surface area contributed by atoms with Gasteiger partial charge in [0.05, 0.1) is 6.54 Å². The Balaban J connectivity index is 1.92. The number of rotatable bonds is 4. The molecule has 1 aromatic rings. The number of nitrogens with zero attached hydrogens (tertiary/aromatic N) is 2. The summed E-state index contributed by atoms with van der Waals surface area (Å²) in [5, 5.41) is 7.08. The second-order valence-corrected chi connectivity index (χ2v) is 3.46. The molecule has 0 atom stereocenters. The second-order valence-electron chi connectivity index (χ2n) is 3.46. The highest BCUT2D eigenvalue weighted by Crippen LogP contribution is 2.34. The van der Waals surface area contributed by atoms with Crippen LogP contribution in [0, 0.1) is 0 Å². The molecule has 72 valence electrons. The first-order valence-corrected chi connectivity index (χ1v) is 4.93.